The number of nitrogens with one attached hydrogen (secondary N) is 1. The molecule has 3 aromatic rings. The van der Waals surface area contributed by atoms with Gasteiger partial charge in [-0.2, -0.15) is 0 Å². The fraction of sp³-hybridized carbons (Fsp3) is 0.222. The fourth-order valence-electron chi connectivity index (χ4n) is 2.73. The molecule has 1 fully saturated rings. The number of hydrogen-bond donors (Lipinski definition) is 1. The van der Waals surface area contributed by atoms with E-state index >= 15 is 0 Å². The van der Waals surface area contributed by atoms with Crippen molar-refractivity contribution >= 4 is 38.3 Å². The number of hydrogen-bond acceptors (Lipinski definition) is 5. The van der Waals surface area contributed by atoms with Crippen molar-refractivity contribution in [2.75, 3.05) is 5.32 Å². The van der Waals surface area contributed by atoms with Gasteiger partial charge < -0.3 is 5.32 Å². The minimum Gasteiger partial charge on any atom is -0.302 e. The number of anilines is 1. The van der Waals surface area contributed by atoms with Crippen LogP contribution in [0.3, 0.4) is 0 Å². The average Bonchev–Trinajstić information content (AvgIpc) is 3.35. The minimum atomic E-state index is -0.389. The van der Waals surface area contributed by atoms with E-state index in [0.29, 0.717) is 5.13 Å². The summed E-state index contributed by atoms with van der Waals surface area (Å²) in [4.78, 5) is 27.0. The third-order valence-corrected chi connectivity index (χ3v) is 5.24. The highest BCUT2D eigenvalue weighted by Gasteiger charge is 2.30. The molecule has 1 N–H and O–H groups in total. The van der Waals surface area contributed by atoms with Gasteiger partial charge in [0, 0.05) is 18.1 Å². The first-order valence-electron chi connectivity index (χ1n) is 7.98. The molecule has 6 nitrogen and oxygen atoms in total. The maximum atomic E-state index is 11.9. The molecule has 0 unspecified atom stereocenters. The van der Waals surface area contributed by atoms with Crippen LogP contribution in [-0.2, 0) is 4.79 Å². The Hall–Kier alpha value is -2.80. The zero-order chi connectivity index (χ0) is 17.6. The van der Waals surface area contributed by atoms with E-state index in [9.17, 15) is 14.9 Å². The van der Waals surface area contributed by atoms with Crippen molar-refractivity contribution in [1.82, 2.24) is 4.98 Å². The van der Waals surface area contributed by atoms with Gasteiger partial charge in [-0.1, -0.05) is 23.5 Å². The lowest BCUT2D eigenvalue weighted by atomic mass is 10.00. The summed E-state index contributed by atoms with van der Waals surface area (Å²) in [6, 6.07) is 10.6. The highest BCUT2D eigenvalue weighted by atomic mass is 32.1. The SMILES string of the molecule is Cc1ccc([N+](=O)[O-])cc1-c1ccc2nc(NC(=O)C3CC3)sc2c1. The van der Waals surface area contributed by atoms with E-state index in [1.807, 2.05) is 25.1 Å². The number of nitrogens with zero attached hydrogens (tertiary/aromatic N) is 2. The van der Waals surface area contributed by atoms with Crippen LogP contribution in [0.5, 0.6) is 0 Å². The van der Waals surface area contributed by atoms with Gasteiger partial charge in [0.25, 0.3) is 5.69 Å². The Morgan fingerprint density at radius 2 is 2.08 bits per heavy atom. The second kappa shape index (κ2) is 5.93. The third kappa shape index (κ3) is 3.10. The van der Waals surface area contributed by atoms with Gasteiger partial charge in [-0.05, 0) is 48.6 Å². The van der Waals surface area contributed by atoms with Crippen molar-refractivity contribution in [3.63, 3.8) is 0 Å². The number of carbonyl (C=O) groups is 1. The lowest BCUT2D eigenvalue weighted by molar-refractivity contribution is -0.384. The van der Waals surface area contributed by atoms with Crippen LogP contribution in [0.4, 0.5) is 10.8 Å². The molecule has 0 bridgehead atoms. The molecule has 0 aliphatic heterocycles. The van der Waals surface area contributed by atoms with Gasteiger partial charge in [-0.3, -0.25) is 14.9 Å². The largest absolute Gasteiger partial charge is 0.302 e. The number of benzene rings is 2. The van der Waals surface area contributed by atoms with Crippen molar-refractivity contribution in [3.8, 4) is 11.1 Å². The Balaban J connectivity index is 1.70. The molecular formula is C18H15N3O3S. The molecule has 25 heavy (non-hydrogen) atoms. The smallest absolute Gasteiger partial charge is 0.270 e. The summed E-state index contributed by atoms with van der Waals surface area (Å²) in [7, 11) is 0. The summed E-state index contributed by atoms with van der Waals surface area (Å²) in [5, 5.41) is 14.5. The van der Waals surface area contributed by atoms with E-state index < -0.39 is 0 Å². The molecule has 1 aliphatic carbocycles. The molecule has 0 radical (unpaired) electrons. The highest BCUT2D eigenvalue weighted by molar-refractivity contribution is 7.22. The van der Waals surface area contributed by atoms with Crippen LogP contribution in [-0.4, -0.2) is 15.8 Å². The molecule has 0 atom stereocenters. The Kier molecular flexibility index (Phi) is 3.73. The number of aryl methyl sites for hydroxylation is 1. The molecule has 1 amide bonds. The fourth-order valence-corrected chi connectivity index (χ4v) is 3.64. The first kappa shape index (κ1) is 15.7. The lowest BCUT2D eigenvalue weighted by Gasteiger charge is -2.06. The van der Waals surface area contributed by atoms with E-state index in [4.69, 9.17) is 0 Å². The zero-order valence-corrected chi connectivity index (χ0v) is 14.3. The Morgan fingerprint density at radius 1 is 1.28 bits per heavy atom. The number of rotatable bonds is 4. The highest BCUT2D eigenvalue weighted by Crippen LogP contribution is 2.35. The molecule has 2 aromatic carbocycles. The van der Waals surface area contributed by atoms with Crippen molar-refractivity contribution < 1.29 is 9.72 Å². The summed E-state index contributed by atoms with van der Waals surface area (Å²) in [5.41, 5.74) is 3.58. The molecule has 1 aromatic heterocycles. The molecule has 1 aliphatic rings. The van der Waals surface area contributed by atoms with E-state index in [-0.39, 0.29) is 22.4 Å². The summed E-state index contributed by atoms with van der Waals surface area (Å²) >= 11 is 1.42. The summed E-state index contributed by atoms with van der Waals surface area (Å²) in [6.45, 7) is 1.93. The van der Waals surface area contributed by atoms with Gasteiger partial charge in [0.1, 0.15) is 0 Å². The standard InChI is InChI=1S/C18H15N3O3S/c1-10-2-6-13(21(23)24)9-14(10)12-5-7-15-16(8-12)25-18(19-15)20-17(22)11-3-4-11/h2,5-9,11H,3-4H2,1H3,(H,19,20,22). The van der Waals surface area contributed by atoms with Crippen LogP contribution in [0.1, 0.15) is 18.4 Å². The Morgan fingerprint density at radius 3 is 2.80 bits per heavy atom. The van der Waals surface area contributed by atoms with E-state index in [1.165, 1.54) is 17.4 Å². The van der Waals surface area contributed by atoms with Crippen LogP contribution in [0.15, 0.2) is 36.4 Å². The zero-order valence-electron chi connectivity index (χ0n) is 13.5. The first-order valence-corrected chi connectivity index (χ1v) is 8.80. The second-order valence-corrected chi connectivity index (χ2v) is 7.25. The molecule has 0 saturated heterocycles. The van der Waals surface area contributed by atoms with Crippen LogP contribution >= 0.6 is 11.3 Å². The average molecular weight is 353 g/mol. The molecule has 126 valence electrons. The van der Waals surface area contributed by atoms with Crippen LogP contribution in [0.2, 0.25) is 0 Å². The van der Waals surface area contributed by atoms with Gasteiger partial charge in [0.2, 0.25) is 5.91 Å². The number of carbonyl (C=O) groups excluding carboxylic acids is 1. The van der Waals surface area contributed by atoms with Gasteiger partial charge in [-0.25, -0.2) is 4.98 Å². The quantitative estimate of drug-likeness (QED) is 0.551. The summed E-state index contributed by atoms with van der Waals surface area (Å²) in [5.74, 6) is 0.170. The topological polar surface area (TPSA) is 85.1 Å². The van der Waals surface area contributed by atoms with E-state index in [1.54, 1.807) is 12.1 Å². The Labute approximate surface area is 147 Å². The van der Waals surface area contributed by atoms with Crippen molar-refractivity contribution in [2.24, 2.45) is 5.92 Å². The lowest BCUT2D eigenvalue weighted by Crippen LogP contribution is -2.12. The summed E-state index contributed by atoms with van der Waals surface area (Å²) < 4.78 is 0.939. The second-order valence-electron chi connectivity index (χ2n) is 6.22. The van der Waals surface area contributed by atoms with Crippen LogP contribution in [0.25, 0.3) is 21.3 Å². The number of amides is 1. The molecule has 0 spiro atoms. The number of aromatic nitrogens is 1. The molecule has 4 rings (SSSR count). The van der Waals surface area contributed by atoms with Crippen molar-refractivity contribution in [1.29, 1.82) is 0 Å². The van der Waals surface area contributed by atoms with Crippen molar-refractivity contribution in [3.05, 3.63) is 52.1 Å². The van der Waals surface area contributed by atoms with Crippen LogP contribution < -0.4 is 5.32 Å². The van der Waals surface area contributed by atoms with E-state index in [0.717, 1.165) is 39.7 Å². The third-order valence-electron chi connectivity index (χ3n) is 4.31. The normalized spacial score (nSPS) is 13.8. The van der Waals surface area contributed by atoms with E-state index in [2.05, 4.69) is 10.3 Å². The predicted molar refractivity (Wildman–Crippen MR) is 97.8 cm³/mol. The number of non-ortho nitro benzene ring substituents is 1. The monoisotopic (exact) mass is 353 g/mol. The van der Waals surface area contributed by atoms with Gasteiger partial charge >= 0.3 is 0 Å². The maximum absolute atomic E-state index is 11.9. The summed E-state index contributed by atoms with van der Waals surface area (Å²) in [6.07, 6.45) is 1.90. The number of nitro benzene ring substituents is 1. The van der Waals surface area contributed by atoms with Gasteiger partial charge in [0.15, 0.2) is 5.13 Å². The van der Waals surface area contributed by atoms with Crippen LogP contribution in [0, 0.1) is 23.0 Å². The molecule has 1 saturated carbocycles. The number of thiazole rings is 1. The predicted octanol–water partition coefficient (Wildman–Crippen LogP) is 4.53. The first-order chi connectivity index (χ1) is 12.0. The van der Waals surface area contributed by atoms with Gasteiger partial charge in [-0.15, -0.1) is 0 Å². The Bertz CT molecular complexity index is 1010. The minimum absolute atomic E-state index is 0.0359. The van der Waals surface area contributed by atoms with Crippen molar-refractivity contribution in [2.45, 2.75) is 19.8 Å². The molecule has 1 heterocycles. The maximum Gasteiger partial charge on any atom is 0.270 e. The number of fused-ring (bicyclic) bond motifs is 1. The number of nitro groups is 1. The molecule has 7 heteroatoms. The van der Waals surface area contributed by atoms with Gasteiger partial charge in [0.05, 0.1) is 15.1 Å². The molecular weight excluding hydrogens is 338 g/mol.